The Balaban J connectivity index is 1.55. The number of carbonyl (C=O) groups is 2. The number of amides is 2. The van der Waals surface area contributed by atoms with Crippen molar-refractivity contribution in [2.24, 2.45) is 5.41 Å². The second-order valence-corrected chi connectivity index (χ2v) is 7.03. The molecule has 2 aliphatic rings. The van der Waals surface area contributed by atoms with Crippen LogP contribution in [0.5, 0.6) is 5.75 Å². The van der Waals surface area contributed by atoms with Crippen LogP contribution < -0.4 is 15.4 Å². The molecule has 1 saturated carbocycles. The minimum Gasteiger partial charge on any atom is -0.495 e. The molecule has 2 amide bonds. The third kappa shape index (κ3) is 4.28. The molecule has 8 heteroatoms. The molecule has 1 saturated heterocycles. The minimum absolute atomic E-state index is 0.218. The molecule has 26 heavy (non-hydrogen) atoms. The van der Waals surface area contributed by atoms with E-state index in [9.17, 15) is 9.59 Å². The fourth-order valence-electron chi connectivity index (χ4n) is 3.02. The van der Waals surface area contributed by atoms with Crippen LogP contribution in [0.15, 0.2) is 18.2 Å². The Morgan fingerprint density at radius 3 is 2.65 bits per heavy atom. The summed E-state index contributed by atoms with van der Waals surface area (Å²) in [6.45, 7) is 4.47. The van der Waals surface area contributed by atoms with Crippen molar-refractivity contribution >= 4 is 29.1 Å². The van der Waals surface area contributed by atoms with Crippen molar-refractivity contribution in [3.63, 3.8) is 0 Å². The normalized spacial score (nSPS) is 18.8. The van der Waals surface area contributed by atoms with E-state index in [4.69, 9.17) is 21.1 Å². The van der Waals surface area contributed by atoms with E-state index >= 15 is 0 Å². The largest absolute Gasteiger partial charge is 0.495 e. The lowest BCUT2D eigenvalue weighted by atomic mass is 10.0. The van der Waals surface area contributed by atoms with Crippen LogP contribution in [0.3, 0.4) is 0 Å². The fourth-order valence-corrected chi connectivity index (χ4v) is 3.20. The van der Waals surface area contributed by atoms with E-state index in [1.807, 2.05) is 0 Å². The number of nitrogens with zero attached hydrogens (tertiary/aromatic N) is 1. The first kappa shape index (κ1) is 18.9. The molecule has 1 aliphatic heterocycles. The van der Waals surface area contributed by atoms with Gasteiger partial charge in [0.05, 0.1) is 26.0 Å². The van der Waals surface area contributed by atoms with Crippen LogP contribution in [-0.2, 0) is 14.3 Å². The highest BCUT2D eigenvalue weighted by Crippen LogP contribution is 2.47. The molecule has 1 heterocycles. The topological polar surface area (TPSA) is 79.9 Å². The van der Waals surface area contributed by atoms with Gasteiger partial charge in [0.1, 0.15) is 11.2 Å². The molecule has 0 unspecified atom stereocenters. The summed E-state index contributed by atoms with van der Waals surface area (Å²) in [6, 6.07) is 4.98. The standard InChI is InChI=1S/C18H24ClN3O4/c1-25-15-3-2-13(19)12-14(15)21-17(24)18(4-5-18)16(23)20-6-7-22-8-10-26-11-9-22/h2-3,12H,4-11H2,1H3,(H,20,23)(H,21,24). The summed E-state index contributed by atoms with van der Waals surface area (Å²) in [5.74, 6) is -0.0301. The monoisotopic (exact) mass is 381 g/mol. The summed E-state index contributed by atoms with van der Waals surface area (Å²) in [5, 5.41) is 6.18. The molecule has 142 valence electrons. The van der Waals surface area contributed by atoms with E-state index in [0.29, 0.717) is 35.8 Å². The van der Waals surface area contributed by atoms with Gasteiger partial charge in [-0.2, -0.15) is 0 Å². The van der Waals surface area contributed by atoms with Gasteiger partial charge in [0.2, 0.25) is 11.8 Å². The van der Waals surface area contributed by atoms with E-state index in [2.05, 4.69) is 15.5 Å². The Labute approximate surface area is 158 Å². The summed E-state index contributed by atoms with van der Waals surface area (Å²) in [5.41, 5.74) is -0.518. The van der Waals surface area contributed by atoms with Crippen molar-refractivity contribution in [2.75, 3.05) is 51.8 Å². The number of methoxy groups -OCH3 is 1. The molecule has 2 N–H and O–H groups in total. The molecule has 0 spiro atoms. The Kier molecular flexibility index (Phi) is 6.01. The van der Waals surface area contributed by atoms with Crippen molar-refractivity contribution in [2.45, 2.75) is 12.8 Å². The van der Waals surface area contributed by atoms with Crippen molar-refractivity contribution in [1.29, 1.82) is 0 Å². The van der Waals surface area contributed by atoms with Crippen molar-refractivity contribution in [3.05, 3.63) is 23.2 Å². The molecule has 7 nitrogen and oxygen atoms in total. The van der Waals surface area contributed by atoms with E-state index < -0.39 is 5.41 Å². The lowest BCUT2D eigenvalue weighted by Gasteiger charge is -2.26. The highest BCUT2D eigenvalue weighted by atomic mass is 35.5. The maximum absolute atomic E-state index is 12.7. The molecule has 2 fully saturated rings. The van der Waals surface area contributed by atoms with Crippen LogP contribution in [0.25, 0.3) is 0 Å². The van der Waals surface area contributed by atoms with Gasteiger partial charge in [-0.1, -0.05) is 11.6 Å². The van der Waals surface area contributed by atoms with Crippen LogP contribution in [0, 0.1) is 5.41 Å². The van der Waals surface area contributed by atoms with Gasteiger partial charge in [0, 0.05) is 31.2 Å². The predicted octanol–water partition coefficient (Wildman–Crippen LogP) is 1.52. The smallest absolute Gasteiger partial charge is 0.240 e. The van der Waals surface area contributed by atoms with Gasteiger partial charge in [-0.05, 0) is 31.0 Å². The molecule has 1 aromatic rings. The average Bonchev–Trinajstić information content (AvgIpc) is 3.45. The Bertz CT molecular complexity index is 672. The lowest BCUT2D eigenvalue weighted by Crippen LogP contribution is -2.45. The zero-order chi connectivity index (χ0) is 18.6. The van der Waals surface area contributed by atoms with Gasteiger partial charge in [-0.3, -0.25) is 14.5 Å². The van der Waals surface area contributed by atoms with Crippen molar-refractivity contribution in [1.82, 2.24) is 10.2 Å². The second kappa shape index (κ2) is 8.24. The molecule has 1 aliphatic carbocycles. The van der Waals surface area contributed by atoms with Crippen LogP contribution in [0.4, 0.5) is 5.69 Å². The SMILES string of the molecule is COc1ccc(Cl)cc1NC(=O)C1(C(=O)NCCN2CCOCC2)CC1. The number of rotatable bonds is 7. The summed E-state index contributed by atoms with van der Waals surface area (Å²) in [4.78, 5) is 27.5. The average molecular weight is 382 g/mol. The molecule has 0 aromatic heterocycles. The third-order valence-electron chi connectivity index (χ3n) is 4.85. The Hall–Kier alpha value is -1.83. The van der Waals surface area contributed by atoms with Gasteiger partial charge in [-0.15, -0.1) is 0 Å². The number of hydrogen-bond donors (Lipinski definition) is 2. The third-order valence-corrected chi connectivity index (χ3v) is 5.08. The lowest BCUT2D eigenvalue weighted by molar-refractivity contribution is -0.134. The van der Waals surface area contributed by atoms with Gasteiger partial charge in [0.15, 0.2) is 0 Å². The molecule has 0 atom stereocenters. The molecule has 1 aromatic carbocycles. The van der Waals surface area contributed by atoms with E-state index in [1.165, 1.54) is 7.11 Å². The van der Waals surface area contributed by atoms with Crippen LogP contribution in [-0.4, -0.2) is 63.2 Å². The summed E-state index contributed by atoms with van der Waals surface area (Å²) in [6.07, 6.45) is 1.09. The molecular formula is C18H24ClN3O4. The first-order valence-electron chi connectivity index (χ1n) is 8.78. The van der Waals surface area contributed by atoms with Gasteiger partial charge < -0.3 is 20.1 Å². The number of morpholine rings is 1. The quantitative estimate of drug-likeness (QED) is 0.700. The minimum atomic E-state index is -0.988. The van der Waals surface area contributed by atoms with Crippen LogP contribution in [0.2, 0.25) is 5.02 Å². The number of hydrogen-bond acceptors (Lipinski definition) is 5. The fraction of sp³-hybridized carbons (Fsp3) is 0.556. The second-order valence-electron chi connectivity index (χ2n) is 6.59. The summed E-state index contributed by atoms with van der Waals surface area (Å²) in [7, 11) is 1.52. The molecular weight excluding hydrogens is 358 g/mol. The number of benzene rings is 1. The first-order valence-corrected chi connectivity index (χ1v) is 9.16. The Morgan fingerprint density at radius 2 is 2.00 bits per heavy atom. The number of nitrogens with one attached hydrogen (secondary N) is 2. The highest BCUT2D eigenvalue weighted by molar-refractivity contribution is 6.31. The zero-order valence-corrected chi connectivity index (χ0v) is 15.6. The van der Waals surface area contributed by atoms with E-state index in [-0.39, 0.29) is 11.8 Å². The number of anilines is 1. The van der Waals surface area contributed by atoms with Crippen LogP contribution in [0.1, 0.15) is 12.8 Å². The maximum Gasteiger partial charge on any atom is 0.240 e. The summed E-state index contributed by atoms with van der Waals surface area (Å²) < 4.78 is 10.5. The Morgan fingerprint density at radius 1 is 1.27 bits per heavy atom. The maximum atomic E-state index is 12.7. The van der Waals surface area contributed by atoms with Gasteiger partial charge in [0.25, 0.3) is 0 Å². The van der Waals surface area contributed by atoms with Crippen molar-refractivity contribution in [3.8, 4) is 5.75 Å². The number of ether oxygens (including phenoxy) is 2. The van der Waals surface area contributed by atoms with Crippen LogP contribution >= 0.6 is 11.6 Å². The summed E-state index contributed by atoms with van der Waals surface area (Å²) >= 11 is 5.99. The van der Waals surface area contributed by atoms with E-state index in [0.717, 1.165) is 32.8 Å². The van der Waals surface area contributed by atoms with Gasteiger partial charge in [-0.25, -0.2) is 0 Å². The molecule has 0 bridgehead atoms. The highest BCUT2D eigenvalue weighted by Gasteiger charge is 2.56. The molecule has 3 rings (SSSR count). The first-order chi connectivity index (χ1) is 12.5. The van der Waals surface area contributed by atoms with E-state index in [1.54, 1.807) is 18.2 Å². The van der Waals surface area contributed by atoms with Crippen molar-refractivity contribution < 1.29 is 19.1 Å². The zero-order valence-electron chi connectivity index (χ0n) is 14.8. The van der Waals surface area contributed by atoms with Gasteiger partial charge >= 0.3 is 0 Å². The number of carbonyl (C=O) groups excluding carboxylic acids is 2. The predicted molar refractivity (Wildman–Crippen MR) is 98.6 cm³/mol. The number of halogens is 1. The molecule has 0 radical (unpaired) electrons.